The SMILES string of the molecule is CC(=O)CC(=O)NC(Cc1ccccc1)C(=O)C(C)C. The maximum Gasteiger partial charge on any atom is 0.228 e. The first-order valence-electron chi connectivity index (χ1n) is 6.76. The fraction of sp³-hybridized carbons (Fsp3) is 0.438. The standard InChI is InChI=1S/C16H21NO3/c1-11(2)16(20)14(17-15(19)9-12(3)18)10-13-7-5-4-6-8-13/h4-8,11,14H,9-10H2,1-3H3,(H,17,19). The quantitative estimate of drug-likeness (QED) is 0.773. The summed E-state index contributed by atoms with van der Waals surface area (Å²) >= 11 is 0. The van der Waals surface area contributed by atoms with E-state index in [4.69, 9.17) is 0 Å². The molecule has 0 heterocycles. The predicted octanol–water partition coefficient (Wildman–Crippen LogP) is 1.92. The predicted molar refractivity (Wildman–Crippen MR) is 77.2 cm³/mol. The van der Waals surface area contributed by atoms with Gasteiger partial charge in [-0.05, 0) is 18.9 Å². The Hall–Kier alpha value is -1.97. The molecule has 0 fully saturated rings. The van der Waals surface area contributed by atoms with Crippen molar-refractivity contribution < 1.29 is 14.4 Å². The molecule has 1 unspecified atom stereocenters. The summed E-state index contributed by atoms with van der Waals surface area (Å²) in [6, 6.07) is 8.93. The molecule has 1 amide bonds. The van der Waals surface area contributed by atoms with E-state index in [1.165, 1.54) is 6.92 Å². The molecule has 4 heteroatoms. The fourth-order valence-electron chi connectivity index (χ4n) is 1.95. The highest BCUT2D eigenvalue weighted by Crippen LogP contribution is 2.08. The lowest BCUT2D eigenvalue weighted by Gasteiger charge is -2.19. The van der Waals surface area contributed by atoms with E-state index >= 15 is 0 Å². The van der Waals surface area contributed by atoms with E-state index in [9.17, 15) is 14.4 Å². The molecular weight excluding hydrogens is 254 g/mol. The van der Waals surface area contributed by atoms with E-state index in [-0.39, 0.29) is 23.9 Å². The number of benzene rings is 1. The molecule has 0 aliphatic carbocycles. The normalized spacial score (nSPS) is 12.0. The number of rotatable bonds is 7. The number of hydrogen-bond donors (Lipinski definition) is 1. The number of nitrogens with one attached hydrogen (secondary N) is 1. The van der Waals surface area contributed by atoms with Crippen LogP contribution in [0, 0.1) is 5.92 Å². The van der Waals surface area contributed by atoms with Crippen LogP contribution in [0.25, 0.3) is 0 Å². The summed E-state index contributed by atoms with van der Waals surface area (Å²) in [6.07, 6.45) is 0.262. The van der Waals surface area contributed by atoms with Gasteiger partial charge in [-0.1, -0.05) is 44.2 Å². The number of carbonyl (C=O) groups excluding carboxylic acids is 3. The van der Waals surface area contributed by atoms with Gasteiger partial charge in [-0.3, -0.25) is 14.4 Å². The second-order valence-electron chi connectivity index (χ2n) is 5.25. The van der Waals surface area contributed by atoms with Crippen molar-refractivity contribution in [3.8, 4) is 0 Å². The van der Waals surface area contributed by atoms with Crippen molar-refractivity contribution in [2.24, 2.45) is 5.92 Å². The van der Waals surface area contributed by atoms with Gasteiger partial charge in [0.2, 0.25) is 5.91 Å². The summed E-state index contributed by atoms with van der Waals surface area (Å²) in [5.74, 6) is -0.794. The Labute approximate surface area is 119 Å². The molecule has 0 saturated heterocycles. The topological polar surface area (TPSA) is 63.2 Å². The molecule has 1 aromatic rings. The molecule has 4 nitrogen and oxygen atoms in total. The molecule has 108 valence electrons. The van der Waals surface area contributed by atoms with E-state index in [1.54, 1.807) is 13.8 Å². The van der Waals surface area contributed by atoms with Crippen LogP contribution < -0.4 is 5.32 Å². The minimum atomic E-state index is -0.579. The first kappa shape index (κ1) is 16.1. The van der Waals surface area contributed by atoms with Crippen LogP contribution in [0.4, 0.5) is 0 Å². The van der Waals surface area contributed by atoms with Crippen molar-refractivity contribution >= 4 is 17.5 Å². The van der Waals surface area contributed by atoms with Crippen molar-refractivity contribution in [3.05, 3.63) is 35.9 Å². The lowest BCUT2D eigenvalue weighted by atomic mass is 9.95. The molecule has 1 aromatic carbocycles. The van der Waals surface area contributed by atoms with E-state index in [2.05, 4.69) is 5.32 Å². The van der Waals surface area contributed by atoms with Crippen LogP contribution in [-0.4, -0.2) is 23.5 Å². The third kappa shape index (κ3) is 5.34. The van der Waals surface area contributed by atoms with Crippen LogP contribution in [0.2, 0.25) is 0 Å². The molecule has 0 saturated carbocycles. The van der Waals surface area contributed by atoms with Gasteiger partial charge in [0.25, 0.3) is 0 Å². The lowest BCUT2D eigenvalue weighted by Crippen LogP contribution is -2.44. The van der Waals surface area contributed by atoms with Crippen molar-refractivity contribution in [1.29, 1.82) is 0 Å². The van der Waals surface area contributed by atoms with Crippen LogP contribution in [0.3, 0.4) is 0 Å². The Morgan fingerprint density at radius 3 is 2.20 bits per heavy atom. The number of carbonyl (C=O) groups is 3. The van der Waals surface area contributed by atoms with Crippen LogP contribution >= 0.6 is 0 Å². The molecular formula is C16H21NO3. The smallest absolute Gasteiger partial charge is 0.228 e. The third-order valence-corrected chi connectivity index (χ3v) is 2.94. The zero-order valence-corrected chi connectivity index (χ0v) is 12.2. The largest absolute Gasteiger partial charge is 0.346 e. The van der Waals surface area contributed by atoms with Gasteiger partial charge in [0.1, 0.15) is 5.78 Å². The number of Topliss-reactive ketones (excluding diaryl/α,β-unsaturated/α-hetero) is 2. The van der Waals surface area contributed by atoms with Crippen molar-refractivity contribution in [1.82, 2.24) is 5.32 Å². The third-order valence-electron chi connectivity index (χ3n) is 2.94. The van der Waals surface area contributed by atoms with Crippen LogP contribution in [0.1, 0.15) is 32.8 Å². The van der Waals surface area contributed by atoms with Gasteiger partial charge in [0.15, 0.2) is 5.78 Å². The molecule has 0 radical (unpaired) electrons. The Balaban J connectivity index is 2.78. The minimum Gasteiger partial charge on any atom is -0.346 e. The minimum absolute atomic E-state index is 0.0224. The monoisotopic (exact) mass is 275 g/mol. The Kier molecular flexibility index (Phi) is 6.10. The van der Waals surface area contributed by atoms with Crippen molar-refractivity contribution in [2.45, 2.75) is 39.7 Å². The maximum absolute atomic E-state index is 12.2. The molecule has 0 bridgehead atoms. The summed E-state index contributed by atoms with van der Waals surface area (Å²) in [5.41, 5.74) is 0.981. The van der Waals surface area contributed by atoms with Crippen molar-refractivity contribution in [3.63, 3.8) is 0 Å². The summed E-state index contributed by atoms with van der Waals surface area (Å²) < 4.78 is 0. The molecule has 1 N–H and O–H groups in total. The van der Waals surface area contributed by atoms with Gasteiger partial charge < -0.3 is 5.32 Å². The summed E-state index contributed by atoms with van der Waals surface area (Å²) in [7, 11) is 0. The summed E-state index contributed by atoms with van der Waals surface area (Å²) in [5, 5.41) is 2.67. The number of hydrogen-bond acceptors (Lipinski definition) is 3. The number of amides is 1. The van der Waals surface area contributed by atoms with Gasteiger partial charge in [-0.15, -0.1) is 0 Å². The molecule has 0 aliphatic heterocycles. The van der Waals surface area contributed by atoms with E-state index in [0.717, 1.165) is 5.56 Å². The highest BCUT2D eigenvalue weighted by molar-refractivity contribution is 5.99. The first-order chi connectivity index (χ1) is 9.40. The van der Waals surface area contributed by atoms with Crippen LogP contribution in [-0.2, 0) is 20.8 Å². The summed E-state index contributed by atoms with van der Waals surface area (Å²) in [6.45, 7) is 4.96. The van der Waals surface area contributed by atoms with E-state index in [0.29, 0.717) is 6.42 Å². The Morgan fingerprint density at radius 2 is 1.70 bits per heavy atom. The van der Waals surface area contributed by atoms with Gasteiger partial charge in [-0.2, -0.15) is 0 Å². The second-order valence-corrected chi connectivity index (χ2v) is 5.25. The summed E-state index contributed by atoms with van der Waals surface area (Å²) in [4.78, 5) is 34.8. The maximum atomic E-state index is 12.2. The van der Waals surface area contributed by atoms with E-state index in [1.807, 2.05) is 30.3 Å². The Bertz CT molecular complexity index is 480. The average Bonchev–Trinajstić information content (AvgIpc) is 2.37. The molecule has 1 atom stereocenters. The highest BCUT2D eigenvalue weighted by atomic mass is 16.2. The second kappa shape index (κ2) is 7.58. The van der Waals surface area contributed by atoms with Crippen LogP contribution in [0.5, 0.6) is 0 Å². The molecule has 0 aromatic heterocycles. The van der Waals surface area contributed by atoms with Crippen LogP contribution in [0.15, 0.2) is 30.3 Å². The van der Waals surface area contributed by atoms with Gasteiger partial charge in [0, 0.05) is 5.92 Å². The highest BCUT2D eigenvalue weighted by Gasteiger charge is 2.23. The van der Waals surface area contributed by atoms with Crippen molar-refractivity contribution in [2.75, 3.05) is 0 Å². The van der Waals surface area contributed by atoms with Gasteiger partial charge in [-0.25, -0.2) is 0 Å². The molecule has 0 spiro atoms. The zero-order chi connectivity index (χ0) is 15.1. The van der Waals surface area contributed by atoms with E-state index < -0.39 is 11.9 Å². The first-order valence-corrected chi connectivity index (χ1v) is 6.76. The van der Waals surface area contributed by atoms with Gasteiger partial charge in [0.05, 0.1) is 12.5 Å². The lowest BCUT2D eigenvalue weighted by molar-refractivity contribution is -0.132. The van der Waals surface area contributed by atoms with Gasteiger partial charge >= 0.3 is 0 Å². The number of ketones is 2. The average molecular weight is 275 g/mol. The molecule has 20 heavy (non-hydrogen) atoms. The Morgan fingerprint density at radius 1 is 1.10 bits per heavy atom. The zero-order valence-electron chi connectivity index (χ0n) is 12.2. The fourth-order valence-corrected chi connectivity index (χ4v) is 1.95. The molecule has 0 aliphatic rings. The molecule has 1 rings (SSSR count).